The van der Waals surface area contributed by atoms with Gasteiger partial charge in [-0.05, 0) is 42.5 Å². The van der Waals surface area contributed by atoms with Crippen molar-refractivity contribution in [2.75, 3.05) is 11.6 Å². The summed E-state index contributed by atoms with van der Waals surface area (Å²) in [5.74, 6) is -0.259. The van der Waals surface area contributed by atoms with Crippen LogP contribution in [0.15, 0.2) is 62.7 Å². The van der Waals surface area contributed by atoms with Crippen molar-refractivity contribution in [2.24, 2.45) is 0 Å². The Kier molecular flexibility index (Phi) is 5.85. The van der Waals surface area contributed by atoms with Crippen LogP contribution in [0, 0.1) is 0 Å². The second-order valence-electron chi connectivity index (χ2n) is 6.36. The summed E-state index contributed by atoms with van der Waals surface area (Å²) < 4.78 is 28.8. The molecule has 3 aromatic rings. The standard InChI is InChI=1S/C19H19N3O4S2/c1-12(2)27-15-9-7-13(8-10-15)17(23)20-19-22-21-18(26-19)14-5-4-6-16(11-14)28(3,24)25/h4-12H,1-3H3,(H,20,22,23). The molecule has 1 aromatic heterocycles. The summed E-state index contributed by atoms with van der Waals surface area (Å²) in [7, 11) is -3.35. The third-order valence-corrected chi connectivity index (χ3v) is 5.77. The Labute approximate surface area is 167 Å². The molecule has 0 saturated carbocycles. The summed E-state index contributed by atoms with van der Waals surface area (Å²) in [6.45, 7) is 4.20. The minimum Gasteiger partial charge on any atom is -0.403 e. The Hall–Kier alpha value is -2.65. The van der Waals surface area contributed by atoms with Crippen molar-refractivity contribution >= 4 is 33.5 Å². The highest BCUT2D eigenvalue weighted by atomic mass is 32.2. The lowest BCUT2D eigenvalue weighted by atomic mass is 10.2. The summed E-state index contributed by atoms with van der Waals surface area (Å²) in [5, 5.41) is 10.7. The van der Waals surface area contributed by atoms with E-state index in [0.717, 1.165) is 11.2 Å². The van der Waals surface area contributed by atoms with Crippen LogP contribution in [0.2, 0.25) is 0 Å². The number of nitrogens with zero attached hydrogens (tertiary/aromatic N) is 2. The first-order chi connectivity index (χ1) is 13.2. The Morgan fingerprint density at radius 3 is 2.46 bits per heavy atom. The van der Waals surface area contributed by atoms with Crippen LogP contribution in [-0.2, 0) is 9.84 Å². The molecule has 0 aliphatic carbocycles. The number of anilines is 1. The molecular formula is C19H19N3O4S2. The maximum atomic E-state index is 12.4. The highest BCUT2D eigenvalue weighted by Gasteiger charge is 2.15. The molecule has 0 bridgehead atoms. The topological polar surface area (TPSA) is 102 Å². The lowest BCUT2D eigenvalue weighted by Gasteiger charge is -2.05. The monoisotopic (exact) mass is 417 g/mol. The normalized spacial score (nSPS) is 11.6. The van der Waals surface area contributed by atoms with Crippen LogP contribution in [0.3, 0.4) is 0 Å². The van der Waals surface area contributed by atoms with Crippen LogP contribution >= 0.6 is 11.8 Å². The van der Waals surface area contributed by atoms with Gasteiger partial charge < -0.3 is 4.42 Å². The number of thioether (sulfide) groups is 1. The molecule has 0 aliphatic rings. The molecule has 1 N–H and O–H groups in total. The fourth-order valence-electron chi connectivity index (χ4n) is 2.38. The first kappa shape index (κ1) is 20.1. The third kappa shape index (κ3) is 4.99. The van der Waals surface area contributed by atoms with Crippen LogP contribution in [0.5, 0.6) is 0 Å². The van der Waals surface area contributed by atoms with Gasteiger partial charge >= 0.3 is 6.01 Å². The van der Waals surface area contributed by atoms with Gasteiger partial charge in [0.05, 0.1) is 4.90 Å². The molecule has 0 fully saturated rings. The lowest BCUT2D eigenvalue weighted by Crippen LogP contribution is -2.11. The van der Waals surface area contributed by atoms with E-state index >= 15 is 0 Å². The van der Waals surface area contributed by atoms with E-state index in [9.17, 15) is 13.2 Å². The van der Waals surface area contributed by atoms with E-state index in [2.05, 4.69) is 29.4 Å². The van der Waals surface area contributed by atoms with Crippen LogP contribution in [0.1, 0.15) is 24.2 Å². The van der Waals surface area contributed by atoms with Gasteiger partial charge in [-0.3, -0.25) is 10.1 Å². The number of aromatic nitrogens is 2. The molecule has 0 aliphatic heterocycles. The molecule has 0 radical (unpaired) electrons. The number of hydrogen-bond acceptors (Lipinski definition) is 7. The number of carbonyl (C=O) groups is 1. The minimum atomic E-state index is -3.35. The second-order valence-corrected chi connectivity index (χ2v) is 10.0. The number of nitrogens with one attached hydrogen (secondary N) is 1. The van der Waals surface area contributed by atoms with Gasteiger partial charge in [0.1, 0.15) is 0 Å². The zero-order valence-corrected chi connectivity index (χ0v) is 17.2. The van der Waals surface area contributed by atoms with Crippen molar-refractivity contribution in [3.05, 3.63) is 54.1 Å². The first-order valence-electron chi connectivity index (χ1n) is 8.44. The van der Waals surface area contributed by atoms with Gasteiger partial charge in [0, 0.05) is 27.5 Å². The zero-order chi connectivity index (χ0) is 20.3. The van der Waals surface area contributed by atoms with Gasteiger partial charge in [-0.1, -0.05) is 25.0 Å². The Morgan fingerprint density at radius 2 is 1.82 bits per heavy atom. The number of carbonyl (C=O) groups excluding carboxylic acids is 1. The number of benzene rings is 2. The second kappa shape index (κ2) is 8.15. The Balaban J connectivity index is 1.73. The summed E-state index contributed by atoms with van der Waals surface area (Å²) in [6, 6.07) is 13.3. The van der Waals surface area contributed by atoms with Gasteiger partial charge in [0.15, 0.2) is 9.84 Å². The quantitative estimate of drug-likeness (QED) is 0.607. The maximum Gasteiger partial charge on any atom is 0.322 e. The molecule has 3 rings (SSSR count). The van der Waals surface area contributed by atoms with Gasteiger partial charge in [-0.25, -0.2) is 8.42 Å². The van der Waals surface area contributed by atoms with Gasteiger partial charge in [0.25, 0.3) is 5.91 Å². The number of hydrogen-bond donors (Lipinski definition) is 1. The molecule has 9 heteroatoms. The molecule has 0 saturated heterocycles. The Bertz CT molecular complexity index is 1090. The molecule has 0 spiro atoms. The Morgan fingerprint density at radius 1 is 1.11 bits per heavy atom. The number of sulfone groups is 1. The van der Waals surface area contributed by atoms with E-state index in [-0.39, 0.29) is 22.7 Å². The fourth-order valence-corrected chi connectivity index (χ4v) is 3.88. The molecular weight excluding hydrogens is 398 g/mol. The highest BCUT2D eigenvalue weighted by molar-refractivity contribution is 7.99. The molecule has 28 heavy (non-hydrogen) atoms. The fraction of sp³-hybridized carbons (Fsp3) is 0.211. The van der Waals surface area contributed by atoms with Crippen molar-refractivity contribution in [1.82, 2.24) is 10.2 Å². The van der Waals surface area contributed by atoms with E-state index in [1.807, 2.05) is 12.1 Å². The van der Waals surface area contributed by atoms with E-state index in [1.165, 1.54) is 12.1 Å². The van der Waals surface area contributed by atoms with E-state index < -0.39 is 9.84 Å². The number of rotatable bonds is 6. The third-order valence-electron chi connectivity index (χ3n) is 3.64. The molecule has 7 nitrogen and oxygen atoms in total. The summed E-state index contributed by atoms with van der Waals surface area (Å²) in [4.78, 5) is 13.6. The van der Waals surface area contributed by atoms with Crippen LogP contribution < -0.4 is 5.32 Å². The average Bonchev–Trinajstić information content (AvgIpc) is 3.10. The predicted octanol–water partition coefficient (Wildman–Crippen LogP) is 3.89. The highest BCUT2D eigenvalue weighted by Crippen LogP contribution is 2.24. The summed E-state index contributed by atoms with van der Waals surface area (Å²) >= 11 is 1.71. The predicted molar refractivity (Wildman–Crippen MR) is 108 cm³/mol. The van der Waals surface area contributed by atoms with E-state index in [1.54, 1.807) is 36.0 Å². The molecule has 0 unspecified atom stereocenters. The van der Waals surface area contributed by atoms with Crippen molar-refractivity contribution in [3.63, 3.8) is 0 Å². The SMILES string of the molecule is CC(C)Sc1ccc(C(=O)Nc2nnc(-c3cccc(S(C)(=O)=O)c3)o2)cc1. The van der Waals surface area contributed by atoms with Crippen LogP contribution in [0.25, 0.3) is 11.5 Å². The largest absolute Gasteiger partial charge is 0.403 e. The molecule has 146 valence electrons. The van der Waals surface area contributed by atoms with E-state index in [0.29, 0.717) is 16.4 Å². The van der Waals surface area contributed by atoms with Crippen molar-refractivity contribution < 1.29 is 17.6 Å². The smallest absolute Gasteiger partial charge is 0.322 e. The lowest BCUT2D eigenvalue weighted by molar-refractivity contribution is 0.102. The number of amides is 1. The maximum absolute atomic E-state index is 12.4. The average molecular weight is 418 g/mol. The van der Waals surface area contributed by atoms with Crippen molar-refractivity contribution in [3.8, 4) is 11.5 Å². The van der Waals surface area contributed by atoms with Gasteiger partial charge in [-0.15, -0.1) is 16.9 Å². The molecule has 1 heterocycles. The molecule has 1 amide bonds. The van der Waals surface area contributed by atoms with Crippen molar-refractivity contribution in [1.29, 1.82) is 0 Å². The van der Waals surface area contributed by atoms with E-state index in [4.69, 9.17) is 4.42 Å². The molecule has 2 aromatic carbocycles. The van der Waals surface area contributed by atoms with Gasteiger partial charge in [0.2, 0.25) is 5.89 Å². The van der Waals surface area contributed by atoms with Gasteiger partial charge in [-0.2, -0.15) is 0 Å². The zero-order valence-electron chi connectivity index (χ0n) is 15.5. The van der Waals surface area contributed by atoms with Crippen LogP contribution in [-0.4, -0.2) is 36.0 Å². The summed E-state index contributed by atoms with van der Waals surface area (Å²) in [6.07, 6.45) is 1.12. The van der Waals surface area contributed by atoms with Crippen molar-refractivity contribution in [2.45, 2.75) is 28.9 Å². The first-order valence-corrected chi connectivity index (χ1v) is 11.2. The molecule has 0 atom stereocenters. The summed E-state index contributed by atoms with van der Waals surface area (Å²) in [5.41, 5.74) is 0.915. The van der Waals surface area contributed by atoms with Crippen LogP contribution in [0.4, 0.5) is 6.01 Å². The minimum absolute atomic E-state index is 0.0645.